The van der Waals surface area contributed by atoms with Gasteiger partial charge in [-0.05, 0) is 42.3 Å². The number of anilines is 2. The number of carbonyl (C=O) groups excluding carboxylic acids is 1. The third kappa shape index (κ3) is 4.83. The molecule has 1 aromatic heterocycles. The standard InChI is InChI=1S/C24H27N5O4/c1-15(31)25-17-8-6-16(7-9-17)20-14-21(19-11-10-18(32-2)13-22(19)33-3)29-24(26-20)27-23(28-29)5-4-12-30/h6-11,13-14,21,30H,4-5,12H2,1-3H3,(H,25,31)(H,26,27,28). The van der Waals surface area contributed by atoms with Gasteiger partial charge in [0.05, 0.1) is 14.2 Å². The number of fused-ring (bicyclic) bond motifs is 1. The average molecular weight is 450 g/mol. The van der Waals surface area contributed by atoms with E-state index in [-0.39, 0.29) is 18.6 Å². The van der Waals surface area contributed by atoms with Gasteiger partial charge < -0.3 is 25.2 Å². The second-order valence-corrected chi connectivity index (χ2v) is 7.64. The van der Waals surface area contributed by atoms with E-state index in [1.807, 2.05) is 47.1 Å². The minimum Gasteiger partial charge on any atom is -0.497 e. The summed E-state index contributed by atoms with van der Waals surface area (Å²) >= 11 is 0. The lowest BCUT2D eigenvalue weighted by molar-refractivity contribution is -0.114. The molecule has 1 unspecified atom stereocenters. The van der Waals surface area contributed by atoms with Gasteiger partial charge in [0.25, 0.3) is 0 Å². The van der Waals surface area contributed by atoms with Crippen LogP contribution in [-0.4, -0.2) is 46.6 Å². The Balaban J connectivity index is 1.76. The highest BCUT2D eigenvalue weighted by molar-refractivity contribution is 5.89. The molecule has 0 fully saturated rings. The molecular weight excluding hydrogens is 422 g/mol. The predicted molar refractivity (Wildman–Crippen MR) is 125 cm³/mol. The minimum atomic E-state index is -0.275. The Hall–Kier alpha value is -3.85. The van der Waals surface area contributed by atoms with E-state index in [1.54, 1.807) is 14.2 Å². The molecule has 2 heterocycles. The molecule has 2 aromatic carbocycles. The zero-order valence-corrected chi connectivity index (χ0v) is 18.8. The first kappa shape index (κ1) is 22.3. The molecule has 1 aliphatic heterocycles. The lowest BCUT2D eigenvalue weighted by Crippen LogP contribution is -2.20. The topological polar surface area (TPSA) is 111 Å². The van der Waals surface area contributed by atoms with Crippen molar-refractivity contribution < 1.29 is 19.4 Å². The normalized spacial score (nSPS) is 14.7. The fourth-order valence-corrected chi connectivity index (χ4v) is 3.77. The average Bonchev–Trinajstić information content (AvgIpc) is 3.24. The number of aliphatic hydroxyl groups excluding tert-OH is 1. The smallest absolute Gasteiger partial charge is 0.226 e. The van der Waals surface area contributed by atoms with Crippen molar-refractivity contribution >= 4 is 23.2 Å². The Kier molecular flexibility index (Phi) is 6.60. The Labute approximate surface area is 192 Å². The Morgan fingerprint density at radius 3 is 2.64 bits per heavy atom. The summed E-state index contributed by atoms with van der Waals surface area (Å²) < 4.78 is 12.8. The van der Waals surface area contributed by atoms with Crippen molar-refractivity contribution in [3.8, 4) is 11.5 Å². The van der Waals surface area contributed by atoms with Crippen LogP contribution in [0.1, 0.15) is 36.3 Å². The van der Waals surface area contributed by atoms with Crippen LogP contribution in [0.25, 0.3) is 5.70 Å². The number of allylic oxidation sites excluding steroid dienone is 1. The number of aromatic nitrogens is 3. The van der Waals surface area contributed by atoms with Crippen LogP contribution in [-0.2, 0) is 11.2 Å². The Morgan fingerprint density at radius 1 is 1.18 bits per heavy atom. The second kappa shape index (κ2) is 9.74. The molecule has 1 atom stereocenters. The van der Waals surface area contributed by atoms with Crippen LogP contribution < -0.4 is 20.1 Å². The van der Waals surface area contributed by atoms with Crippen LogP contribution >= 0.6 is 0 Å². The van der Waals surface area contributed by atoms with Crippen molar-refractivity contribution in [3.63, 3.8) is 0 Å². The van der Waals surface area contributed by atoms with E-state index in [2.05, 4.69) is 21.7 Å². The second-order valence-electron chi connectivity index (χ2n) is 7.64. The number of amides is 1. The molecular formula is C24H27N5O4. The highest BCUT2D eigenvalue weighted by atomic mass is 16.5. The number of nitrogens with zero attached hydrogens (tertiary/aromatic N) is 3. The third-order valence-corrected chi connectivity index (χ3v) is 5.34. The first-order valence-electron chi connectivity index (χ1n) is 10.7. The van der Waals surface area contributed by atoms with E-state index >= 15 is 0 Å². The van der Waals surface area contributed by atoms with Crippen LogP contribution in [0.2, 0.25) is 0 Å². The van der Waals surface area contributed by atoms with Crippen molar-refractivity contribution in [2.24, 2.45) is 0 Å². The van der Waals surface area contributed by atoms with Crippen molar-refractivity contribution in [2.75, 3.05) is 31.5 Å². The van der Waals surface area contributed by atoms with Crippen molar-refractivity contribution in [3.05, 3.63) is 65.5 Å². The molecule has 33 heavy (non-hydrogen) atoms. The third-order valence-electron chi connectivity index (χ3n) is 5.34. The number of hydrogen-bond donors (Lipinski definition) is 3. The Bertz CT molecular complexity index is 1170. The van der Waals surface area contributed by atoms with Crippen LogP contribution in [0.5, 0.6) is 11.5 Å². The molecule has 9 heteroatoms. The minimum absolute atomic E-state index is 0.0805. The van der Waals surface area contributed by atoms with E-state index in [1.165, 1.54) is 6.92 Å². The molecule has 1 amide bonds. The van der Waals surface area contributed by atoms with E-state index < -0.39 is 0 Å². The summed E-state index contributed by atoms with van der Waals surface area (Å²) in [4.78, 5) is 16.0. The summed E-state index contributed by atoms with van der Waals surface area (Å²) in [7, 11) is 3.24. The number of methoxy groups -OCH3 is 2. The largest absolute Gasteiger partial charge is 0.497 e. The molecule has 0 saturated carbocycles. The molecule has 0 aliphatic carbocycles. The van der Waals surface area contributed by atoms with Gasteiger partial charge in [-0.15, -0.1) is 0 Å². The number of rotatable bonds is 8. The molecule has 4 rings (SSSR count). The fraction of sp³-hybridized carbons (Fsp3) is 0.292. The highest BCUT2D eigenvalue weighted by Crippen LogP contribution is 2.38. The highest BCUT2D eigenvalue weighted by Gasteiger charge is 2.27. The molecule has 0 radical (unpaired) electrons. The number of hydrogen-bond acceptors (Lipinski definition) is 7. The van der Waals surface area contributed by atoms with Gasteiger partial charge in [0.2, 0.25) is 11.9 Å². The summed E-state index contributed by atoms with van der Waals surface area (Å²) in [5.41, 5.74) is 3.44. The summed E-state index contributed by atoms with van der Waals surface area (Å²) in [6.07, 6.45) is 3.23. The number of benzene rings is 2. The molecule has 0 saturated heterocycles. The lowest BCUT2D eigenvalue weighted by atomic mass is 10.0. The fourth-order valence-electron chi connectivity index (χ4n) is 3.77. The van der Waals surface area contributed by atoms with E-state index in [0.29, 0.717) is 36.1 Å². The first-order valence-corrected chi connectivity index (χ1v) is 10.7. The van der Waals surface area contributed by atoms with Crippen molar-refractivity contribution in [2.45, 2.75) is 25.8 Å². The van der Waals surface area contributed by atoms with E-state index in [9.17, 15) is 9.90 Å². The maximum atomic E-state index is 11.3. The zero-order valence-electron chi connectivity index (χ0n) is 18.8. The molecule has 172 valence electrons. The zero-order chi connectivity index (χ0) is 23.4. The lowest BCUT2D eigenvalue weighted by Gasteiger charge is -2.25. The van der Waals surface area contributed by atoms with Gasteiger partial charge in [-0.2, -0.15) is 10.1 Å². The number of nitrogens with one attached hydrogen (secondary N) is 2. The quantitative estimate of drug-likeness (QED) is 0.484. The number of ether oxygens (including phenoxy) is 2. The molecule has 3 N–H and O–H groups in total. The van der Waals surface area contributed by atoms with Gasteiger partial charge in [0.1, 0.15) is 17.5 Å². The maximum Gasteiger partial charge on any atom is 0.226 e. The molecule has 3 aromatic rings. The molecule has 1 aliphatic rings. The van der Waals surface area contributed by atoms with Gasteiger partial charge in [-0.25, -0.2) is 4.68 Å². The monoisotopic (exact) mass is 449 g/mol. The van der Waals surface area contributed by atoms with Gasteiger partial charge in [-0.3, -0.25) is 4.79 Å². The van der Waals surface area contributed by atoms with Crippen LogP contribution in [0.4, 0.5) is 11.6 Å². The van der Waals surface area contributed by atoms with E-state index in [0.717, 1.165) is 22.5 Å². The van der Waals surface area contributed by atoms with Gasteiger partial charge in [0.15, 0.2) is 5.82 Å². The first-order chi connectivity index (χ1) is 16.0. The van der Waals surface area contributed by atoms with Crippen molar-refractivity contribution in [1.82, 2.24) is 14.8 Å². The molecule has 0 spiro atoms. The van der Waals surface area contributed by atoms with Crippen LogP contribution in [0.3, 0.4) is 0 Å². The predicted octanol–water partition coefficient (Wildman–Crippen LogP) is 3.23. The molecule has 9 nitrogen and oxygen atoms in total. The summed E-state index contributed by atoms with van der Waals surface area (Å²) in [6, 6.07) is 13.0. The molecule has 0 bridgehead atoms. The van der Waals surface area contributed by atoms with Crippen LogP contribution in [0, 0.1) is 0 Å². The number of carbonyl (C=O) groups is 1. The SMILES string of the molecule is COc1ccc(C2C=C(c3ccc(NC(C)=O)cc3)Nc3nc(CCCO)nn32)c(OC)c1. The summed E-state index contributed by atoms with van der Waals surface area (Å²) in [5, 5.41) is 20.0. The van der Waals surface area contributed by atoms with Gasteiger partial charge in [0, 0.05) is 43.0 Å². The van der Waals surface area contributed by atoms with E-state index in [4.69, 9.17) is 14.6 Å². The maximum absolute atomic E-state index is 11.3. The summed E-state index contributed by atoms with van der Waals surface area (Å²) in [6.45, 7) is 1.56. The van der Waals surface area contributed by atoms with Gasteiger partial charge >= 0.3 is 0 Å². The number of aliphatic hydroxyl groups is 1. The van der Waals surface area contributed by atoms with Crippen LogP contribution in [0.15, 0.2) is 48.5 Å². The van der Waals surface area contributed by atoms with Gasteiger partial charge in [-0.1, -0.05) is 12.1 Å². The van der Waals surface area contributed by atoms with Crippen molar-refractivity contribution in [1.29, 1.82) is 0 Å². The summed E-state index contributed by atoms with van der Waals surface area (Å²) in [5.74, 6) is 2.52. The number of aryl methyl sites for hydroxylation is 1. The Morgan fingerprint density at radius 2 is 1.97 bits per heavy atom.